The predicted octanol–water partition coefficient (Wildman–Crippen LogP) is 5.24. The van der Waals surface area contributed by atoms with E-state index < -0.39 is 5.91 Å². The highest BCUT2D eigenvalue weighted by Crippen LogP contribution is 2.21. The van der Waals surface area contributed by atoms with Crippen LogP contribution >= 0.6 is 0 Å². The number of ether oxygens (including phenoxy) is 1. The largest absolute Gasteiger partial charge is 0.471 e. The Morgan fingerprint density at radius 3 is 2.24 bits per heavy atom. The van der Waals surface area contributed by atoms with Gasteiger partial charge in [-0.1, -0.05) is 36.4 Å². The molecule has 1 N–H and O–H groups in total. The second-order valence-corrected chi connectivity index (χ2v) is 7.68. The molecule has 1 aromatic heterocycles. The molecule has 0 aliphatic rings. The highest BCUT2D eigenvalue weighted by Gasteiger charge is 2.19. The quantitative estimate of drug-likeness (QED) is 0.364. The van der Waals surface area contributed by atoms with Crippen molar-refractivity contribution in [2.24, 2.45) is 0 Å². The number of aromatic nitrogens is 2. The van der Waals surface area contributed by atoms with Crippen LogP contribution in [0.25, 0.3) is 0 Å². The molecular weight excluding hydrogens is 440 g/mol. The number of nitrogens with zero attached hydrogens (tertiary/aromatic N) is 2. The van der Waals surface area contributed by atoms with Crippen molar-refractivity contribution in [2.45, 2.75) is 20.1 Å². The van der Waals surface area contributed by atoms with Crippen molar-refractivity contribution in [2.75, 3.05) is 5.32 Å². The Balaban J connectivity index is 1.58. The summed E-state index contributed by atoms with van der Waals surface area (Å²) in [7, 11) is 0. The summed E-state index contributed by atoms with van der Waals surface area (Å²) in [6.45, 7) is 1.82. The van der Waals surface area contributed by atoms with Gasteiger partial charge in [0.15, 0.2) is 5.78 Å². The highest BCUT2D eigenvalue weighted by atomic mass is 19.1. The summed E-state index contributed by atoms with van der Waals surface area (Å²) in [4.78, 5) is 24.7. The Morgan fingerprint density at radius 2 is 1.59 bits per heavy atom. The molecule has 3 aromatic carbocycles. The molecular formula is C26H21F2N3O3. The molecule has 1 amide bonds. The average Bonchev–Trinajstić information content (AvgIpc) is 3.23. The van der Waals surface area contributed by atoms with E-state index in [1.165, 1.54) is 42.1 Å². The van der Waals surface area contributed by atoms with Crippen LogP contribution in [0, 0.1) is 11.6 Å². The van der Waals surface area contributed by atoms with Gasteiger partial charge in [-0.15, -0.1) is 5.10 Å². The number of halogens is 2. The molecule has 172 valence electrons. The zero-order chi connectivity index (χ0) is 24.1. The monoisotopic (exact) mass is 461 g/mol. The van der Waals surface area contributed by atoms with Crippen LogP contribution in [0.2, 0.25) is 0 Å². The lowest BCUT2D eigenvalue weighted by Gasteiger charge is -2.08. The first-order chi connectivity index (χ1) is 16.4. The third-order valence-corrected chi connectivity index (χ3v) is 5.05. The molecule has 0 aliphatic heterocycles. The van der Waals surface area contributed by atoms with Crippen LogP contribution in [0.15, 0.2) is 79.0 Å². The molecule has 6 nitrogen and oxygen atoms in total. The third-order valence-electron chi connectivity index (χ3n) is 5.05. The van der Waals surface area contributed by atoms with E-state index in [1.54, 1.807) is 48.5 Å². The van der Waals surface area contributed by atoms with E-state index in [9.17, 15) is 18.4 Å². The number of rotatable bonds is 8. The summed E-state index contributed by atoms with van der Waals surface area (Å²) in [6.07, 6.45) is 1.54. The van der Waals surface area contributed by atoms with Crippen molar-refractivity contribution in [1.29, 1.82) is 0 Å². The Kier molecular flexibility index (Phi) is 6.77. The van der Waals surface area contributed by atoms with Gasteiger partial charge in [-0.05, 0) is 54.4 Å². The van der Waals surface area contributed by atoms with E-state index in [-0.39, 0.29) is 35.5 Å². The second kappa shape index (κ2) is 10.1. The first kappa shape index (κ1) is 22.8. The highest BCUT2D eigenvalue weighted by molar-refractivity contribution is 6.06. The van der Waals surface area contributed by atoms with E-state index in [0.29, 0.717) is 23.4 Å². The van der Waals surface area contributed by atoms with Crippen LogP contribution in [0.5, 0.6) is 5.88 Å². The van der Waals surface area contributed by atoms with Crippen molar-refractivity contribution in [3.05, 3.63) is 113 Å². The SMILES string of the molecule is CC(=O)c1cccc(NC(=O)c2cn(Cc3ccc(F)cc3)nc2OCc2ccc(F)cc2)c1. The van der Waals surface area contributed by atoms with Gasteiger partial charge in [-0.2, -0.15) is 0 Å². The molecule has 0 unspecified atom stereocenters. The Hall–Kier alpha value is -4.33. The van der Waals surface area contributed by atoms with E-state index in [2.05, 4.69) is 10.4 Å². The number of anilines is 1. The number of ketones is 1. The number of hydrogen-bond donors (Lipinski definition) is 1. The Morgan fingerprint density at radius 1 is 0.941 bits per heavy atom. The average molecular weight is 461 g/mol. The molecule has 0 saturated carbocycles. The molecule has 0 atom stereocenters. The Labute approximate surface area is 194 Å². The van der Waals surface area contributed by atoms with Crippen molar-refractivity contribution >= 4 is 17.4 Å². The lowest BCUT2D eigenvalue weighted by Crippen LogP contribution is -2.13. The summed E-state index contributed by atoms with van der Waals surface area (Å²) in [5.74, 6) is -1.21. The topological polar surface area (TPSA) is 73.2 Å². The van der Waals surface area contributed by atoms with E-state index in [0.717, 1.165) is 5.56 Å². The molecule has 0 saturated heterocycles. The Bertz CT molecular complexity index is 1320. The molecule has 0 bridgehead atoms. The standard InChI is InChI=1S/C26H21F2N3O3/c1-17(32)20-3-2-4-23(13-20)29-25(33)24-15-31(14-18-5-9-21(27)10-6-18)30-26(24)34-16-19-7-11-22(28)12-8-19/h2-13,15H,14,16H2,1H3,(H,29,33). The van der Waals surface area contributed by atoms with E-state index >= 15 is 0 Å². The second-order valence-electron chi connectivity index (χ2n) is 7.68. The lowest BCUT2D eigenvalue weighted by atomic mass is 10.1. The maximum absolute atomic E-state index is 13.2. The number of benzene rings is 3. The molecule has 0 spiro atoms. The molecule has 0 radical (unpaired) electrons. The summed E-state index contributed by atoms with van der Waals surface area (Å²) in [5.41, 5.74) is 2.59. The van der Waals surface area contributed by atoms with Crippen molar-refractivity contribution in [1.82, 2.24) is 9.78 Å². The van der Waals surface area contributed by atoms with Gasteiger partial charge in [0.2, 0.25) is 5.88 Å². The van der Waals surface area contributed by atoms with Crippen molar-refractivity contribution < 1.29 is 23.1 Å². The zero-order valence-electron chi connectivity index (χ0n) is 18.3. The summed E-state index contributed by atoms with van der Waals surface area (Å²) in [5, 5.41) is 7.14. The number of nitrogens with one attached hydrogen (secondary N) is 1. The molecule has 0 aliphatic carbocycles. The molecule has 4 rings (SSSR count). The van der Waals surface area contributed by atoms with Gasteiger partial charge < -0.3 is 10.1 Å². The maximum atomic E-state index is 13.2. The number of amides is 1. The molecule has 34 heavy (non-hydrogen) atoms. The first-order valence-corrected chi connectivity index (χ1v) is 10.5. The van der Waals surface area contributed by atoms with Gasteiger partial charge in [-0.25, -0.2) is 8.78 Å². The van der Waals surface area contributed by atoms with E-state index in [4.69, 9.17) is 4.74 Å². The smallest absolute Gasteiger partial charge is 0.262 e. The minimum atomic E-state index is -0.472. The van der Waals surface area contributed by atoms with Gasteiger partial charge in [0.25, 0.3) is 5.91 Å². The number of carbonyl (C=O) groups excluding carboxylic acids is 2. The molecule has 1 heterocycles. The first-order valence-electron chi connectivity index (χ1n) is 10.5. The lowest BCUT2D eigenvalue weighted by molar-refractivity contribution is 0.100. The number of carbonyl (C=O) groups is 2. The van der Waals surface area contributed by atoms with Crippen LogP contribution < -0.4 is 10.1 Å². The number of Topliss-reactive ketones (excluding diaryl/α,β-unsaturated/α-hetero) is 1. The van der Waals surface area contributed by atoms with Crippen LogP contribution in [-0.4, -0.2) is 21.5 Å². The van der Waals surface area contributed by atoms with Crippen LogP contribution in [0.3, 0.4) is 0 Å². The molecule has 0 fully saturated rings. The van der Waals surface area contributed by atoms with Crippen LogP contribution in [0.4, 0.5) is 14.5 Å². The summed E-state index contributed by atoms with van der Waals surface area (Å²) in [6, 6.07) is 18.4. The zero-order valence-corrected chi connectivity index (χ0v) is 18.3. The summed E-state index contributed by atoms with van der Waals surface area (Å²) < 4.78 is 33.7. The van der Waals surface area contributed by atoms with Gasteiger partial charge in [0.1, 0.15) is 23.8 Å². The van der Waals surface area contributed by atoms with Gasteiger partial charge in [0.05, 0.1) is 6.54 Å². The van der Waals surface area contributed by atoms with Gasteiger partial charge in [0, 0.05) is 17.4 Å². The predicted molar refractivity (Wildman–Crippen MR) is 123 cm³/mol. The van der Waals surface area contributed by atoms with Crippen molar-refractivity contribution in [3.63, 3.8) is 0 Å². The minimum absolute atomic E-state index is 0.0773. The normalized spacial score (nSPS) is 10.7. The fourth-order valence-electron chi connectivity index (χ4n) is 3.27. The third kappa shape index (κ3) is 5.72. The van der Waals surface area contributed by atoms with Crippen LogP contribution in [-0.2, 0) is 13.2 Å². The van der Waals surface area contributed by atoms with Crippen molar-refractivity contribution in [3.8, 4) is 5.88 Å². The molecule has 8 heteroatoms. The number of hydrogen-bond acceptors (Lipinski definition) is 4. The fraction of sp³-hybridized carbons (Fsp3) is 0.115. The maximum Gasteiger partial charge on any atom is 0.262 e. The molecule has 4 aromatic rings. The minimum Gasteiger partial charge on any atom is -0.471 e. The van der Waals surface area contributed by atoms with Gasteiger partial charge in [-0.3, -0.25) is 14.3 Å². The summed E-state index contributed by atoms with van der Waals surface area (Å²) >= 11 is 0. The van der Waals surface area contributed by atoms with E-state index in [1.807, 2.05) is 0 Å². The van der Waals surface area contributed by atoms with Gasteiger partial charge >= 0.3 is 0 Å². The van der Waals surface area contributed by atoms with Crippen LogP contribution in [0.1, 0.15) is 38.8 Å². The fourth-order valence-corrected chi connectivity index (χ4v) is 3.27.